The van der Waals surface area contributed by atoms with Gasteiger partial charge in [-0.15, -0.1) is 11.3 Å². The molecule has 7 heteroatoms. The zero-order valence-electron chi connectivity index (χ0n) is 16.8. The van der Waals surface area contributed by atoms with Gasteiger partial charge >= 0.3 is 0 Å². The van der Waals surface area contributed by atoms with Crippen LogP contribution in [-0.4, -0.2) is 47.4 Å². The molecule has 1 aromatic carbocycles. The van der Waals surface area contributed by atoms with E-state index in [2.05, 4.69) is 47.2 Å². The lowest BCUT2D eigenvalue weighted by Gasteiger charge is -2.42. The number of carbonyl (C=O) groups excluding carboxylic acids is 2. The Balaban J connectivity index is 1.55. The van der Waals surface area contributed by atoms with E-state index in [1.807, 2.05) is 11.0 Å². The highest BCUT2D eigenvalue weighted by Crippen LogP contribution is 2.42. The van der Waals surface area contributed by atoms with Gasteiger partial charge in [-0.25, -0.2) is 4.98 Å². The first-order valence-corrected chi connectivity index (χ1v) is 11.3. The number of benzene rings is 1. The summed E-state index contributed by atoms with van der Waals surface area (Å²) in [7, 11) is 0. The summed E-state index contributed by atoms with van der Waals surface area (Å²) >= 11 is 1.65. The van der Waals surface area contributed by atoms with Crippen molar-refractivity contribution < 1.29 is 9.59 Å². The number of piperidine rings is 1. The fourth-order valence-corrected chi connectivity index (χ4v) is 5.22. The molecule has 6 nitrogen and oxygen atoms in total. The number of amides is 2. The second kappa shape index (κ2) is 8.53. The highest BCUT2D eigenvalue weighted by Gasteiger charge is 2.42. The zero-order valence-corrected chi connectivity index (χ0v) is 17.6. The SMILES string of the molecule is CCCNc1nc(C2(c3ccccc3)CCN(C(=O)C3CCC(=O)N3)CC2)cs1. The van der Waals surface area contributed by atoms with E-state index in [1.54, 1.807) is 11.3 Å². The summed E-state index contributed by atoms with van der Waals surface area (Å²) in [6.45, 7) is 4.41. The molecule has 2 aliphatic heterocycles. The van der Waals surface area contributed by atoms with Crippen LogP contribution in [0.25, 0.3) is 0 Å². The molecule has 154 valence electrons. The Morgan fingerprint density at radius 1 is 1.31 bits per heavy atom. The number of nitrogens with one attached hydrogen (secondary N) is 2. The summed E-state index contributed by atoms with van der Waals surface area (Å²) in [5.41, 5.74) is 2.17. The highest BCUT2D eigenvalue weighted by atomic mass is 32.1. The van der Waals surface area contributed by atoms with Crippen LogP contribution in [0.2, 0.25) is 0 Å². The lowest BCUT2D eigenvalue weighted by Crippen LogP contribution is -2.51. The maximum atomic E-state index is 12.8. The Labute approximate surface area is 175 Å². The van der Waals surface area contributed by atoms with Crippen LogP contribution in [0.5, 0.6) is 0 Å². The number of nitrogens with zero attached hydrogens (tertiary/aromatic N) is 2. The van der Waals surface area contributed by atoms with Crippen LogP contribution < -0.4 is 10.6 Å². The minimum Gasteiger partial charge on any atom is -0.362 e. The standard InChI is InChI=1S/C22H28N4O2S/c1-2-12-23-21-25-18(15-29-21)22(16-6-4-3-5-7-16)10-13-26(14-11-22)20(28)17-8-9-19(27)24-17/h3-7,15,17H,2,8-14H2,1H3,(H,23,25)(H,24,27). The molecule has 2 N–H and O–H groups in total. The first kappa shape index (κ1) is 19.9. The van der Waals surface area contributed by atoms with Crippen LogP contribution >= 0.6 is 11.3 Å². The van der Waals surface area contributed by atoms with Gasteiger partial charge in [0, 0.05) is 36.9 Å². The predicted molar refractivity (Wildman–Crippen MR) is 115 cm³/mol. The fraction of sp³-hybridized carbons (Fsp3) is 0.500. The molecule has 0 radical (unpaired) electrons. The molecule has 0 saturated carbocycles. The molecular weight excluding hydrogens is 384 g/mol. The molecule has 0 spiro atoms. The second-order valence-corrected chi connectivity index (χ2v) is 8.75. The van der Waals surface area contributed by atoms with Crippen LogP contribution in [0.1, 0.15) is 50.3 Å². The largest absolute Gasteiger partial charge is 0.362 e. The molecule has 1 aromatic heterocycles. The third kappa shape index (κ3) is 4.01. The van der Waals surface area contributed by atoms with Crippen molar-refractivity contribution in [3.05, 3.63) is 47.0 Å². The summed E-state index contributed by atoms with van der Waals surface area (Å²) in [5, 5.41) is 9.33. The molecule has 2 aromatic rings. The minimum atomic E-state index is -0.351. The lowest BCUT2D eigenvalue weighted by atomic mass is 9.70. The van der Waals surface area contributed by atoms with Gasteiger partial charge in [-0.3, -0.25) is 9.59 Å². The monoisotopic (exact) mass is 412 g/mol. The van der Waals surface area contributed by atoms with Gasteiger partial charge in [0.2, 0.25) is 11.8 Å². The van der Waals surface area contributed by atoms with Crippen LogP contribution in [0, 0.1) is 0 Å². The van der Waals surface area contributed by atoms with E-state index in [0.717, 1.165) is 36.6 Å². The summed E-state index contributed by atoms with van der Waals surface area (Å²) in [6.07, 6.45) is 3.79. The molecule has 3 heterocycles. The normalized spacial score (nSPS) is 21.1. The lowest BCUT2D eigenvalue weighted by molar-refractivity contribution is -0.135. The van der Waals surface area contributed by atoms with Crippen molar-refractivity contribution in [1.82, 2.24) is 15.2 Å². The first-order valence-electron chi connectivity index (χ1n) is 10.5. The molecule has 0 aliphatic carbocycles. The number of thiazole rings is 1. The number of likely N-dealkylation sites (tertiary alicyclic amines) is 1. The van der Waals surface area contributed by atoms with Crippen molar-refractivity contribution in [1.29, 1.82) is 0 Å². The molecular formula is C22H28N4O2S. The van der Waals surface area contributed by atoms with Crippen LogP contribution in [0.3, 0.4) is 0 Å². The van der Waals surface area contributed by atoms with Gasteiger partial charge in [0.15, 0.2) is 5.13 Å². The van der Waals surface area contributed by atoms with Crippen molar-refractivity contribution >= 4 is 28.3 Å². The third-order valence-electron chi connectivity index (χ3n) is 6.07. The molecule has 0 bridgehead atoms. The molecule has 1 atom stereocenters. The minimum absolute atomic E-state index is 0.0198. The molecule has 1 unspecified atom stereocenters. The van der Waals surface area contributed by atoms with E-state index in [0.29, 0.717) is 25.9 Å². The molecule has 4 rings (SSSR count). The third-order valence-corrected chi connectivity index (χ3v) is 6.87. The maximum absolute atomic E-state index is 12.8. The second-order valence-electron chi connectivity index (χ2n) is 7.90. The Morgan fingerprint density at radius 3 is 2.72 bits per heavy atom. The van der Waals surface area contributed by atoms with E-state index >= 15 is 0 Å². The van der Waals surface area contributed by atoms with E-state index in [-0.39, 0.29) is 23.3 Å². The summed E-state index contributed by atoms with van der Waals surface area (Å²) in [6, 6.07) is 10.2. The van der Waals surface area contributed by atoms with Crippen LogP contribution in [0.4, 0.5) is 5.13 Å². The molecule has 2 fully saturated rings. The zero-order chi connectivity index (χ0) is 20.3. The summed E-state index contributed by atoms with van der Waals surface area (Å²) in [4.78, 5) is 31.2. The van der Waals surface area contributed by atoms with Gasteiger partial charge in [-0.1, -0.05) is 37.3 Å². The first-order chi connectivity index (χ1) is 14.1. The van der Waals surface area contributed by atoms with Crippen LogP contribution in [-0.2, 0) is 15.0 Å². The van der Waals surface area contributed by atoms with Crippen molar-refractivity contribution in [2.24, 2.45) is 0 Å². The summed E-state index contributed by atoms with van der Waals surface area (Å²) in [5.74, 6) is 0.0367. The van der Waals surface area contributed by atoms with Gasteiger partial charge in [0.1, 0.15) is 6.04 Å². The molecule has 2 aliphatic rings. The molecule has 2 amide bonds. The van der Waals surface area contributed by atoms with E-state index < -0.39 is 0 Å². The molecule has 2 saturated heterocycles. The predicted octanol–water partition coefficient (Wildman–Crippen LogP) is 3.15. The van der Waals surface area contributed by atoms with Crippen molar-refractivity contribution in [3.8, 4) is 0 Å². The number of hydrogen-bond acceptors (Lipinski definition) is 5. The van der Waals surface area contributed by atoms with Gasteiger partial charge in [0.25, 0.3) is 0 Å². The Hall–Kier alpha value is -2.41. The van der Waals surface area contributed by atoms with Crippen molar-refractivity contribution in [3.63, 3.8) is 0 Å². The Bertz CT molecular complexity index is 859. The smallest absolute Gasteiger partial charge is 0.245 e. The molecule has 29 heavy (non-hydrogen) atoms. The van der Waals surface area contributed by atoms with E-state index in [9.17, 15) is 9.59 Å². The van der Waals surface area contributed by atoms with Gasteiger partial charge in [0.05, 0.1) is 5.69 Å². The quantitative estimate of drug-likeness (QED) is 0.764. The summed E-state index contributed by atoms with van der Waals surface area (Å²) < 4.78 is 0. The Kier molecular flexibility index (Phi) is 5.85. The highest BCUT2D eigenvalue weighted by molar-refractivity contribution is 7.13. The van der Waals surface area contributed by atoms with Gasteiger partial charge in [-0.05, 0) is 31.2 Å². The topological polar surface area (TPSA) is 74.3 Å². The van der Waals surface area contributed by atoms with Gasteiger partial charge in [-0.2, -0.15) is 0 Å². The van der Waals surface area contributed by atoms with Crippen LogP contribution in [0.15, 0.2) is 35.7 Å². The van der Waals surface area contributed by atoms with Crippen molar-refractivity contribution in [2.75, 3.05) is 25.0 Å². The van der Waals surface area contributed by atoms with Crippen molar-refractivity contribution in [2.45, 2.75) is 50.5 Å². The van der Waals surface area contributed by atoms with E-state index in [4.69, 9.17) is 4.98 Å². The average Bonchev–Trinajstić information content (AvgIpc) is 3.42. The number of hydrogen-bond donors (Lipinski definition) is 2. The average molecular weight is 413 g/mol. The maximum Gasteiger partial charge on any atom is 0.245 e. The van der Waals surface area contributed by atoms with E-state index in [1.165, 1.54) is 5.56 Å². The number of anilines is 1. The number of carbonyl (C=O) groups is 2. The number of rotatable bonds is 6. The fourth-order valence-electron chi connectivity index (χ4n) is 4.39. The number of aromatic nitrogens is 1. The Morgan fingerprint density at radius 2 is 2.07 bits per heavy atom. The van der Waals surface area contributed by atoms with Gasteiger partial charge < -0.3 is 15.5 Å².